The molecule has 21 heavy (non-hydrogen) atoms. The predicted molar refractivity (Wildman–Crippen MR) is 75.9 cm³/mol. The Morgan fingerprint density at radius 1 is 1.00 bits per heavy atom. The first kappa shape index (κ1) is 14.6. The van der Waals surface area contributed by atoms with E-state index in [0.717, 1.165) is 0 Å². The van der Waals surface area contributed by atoms with Gasteiger partial charge < -0.3 is 14.6 Å². The van der Waals surface area contributed by atoms with E-state index in [9.17, 15) is 9.59 Å². The zero-order valence-corrected chi connectivity index (χ0v) is 11.4. The predicted octanol–water partition coefficient (Wildman–Crippen LogP) is 3.53. The Morgan fingerprint density at radius 2 is 1.71 bits per heavy atom. The maximum atomic E-state index is 12.3. The summed E-state index contributed by atoms with van der Waals surface area (Å²) in [6, 6.07) is 13.4. The van der Waals surface area contributed by atoms with Crippen molar-refractivity contribution in [2.24, 2.45) is 0 Å². The Labute approximate surface area is 121 Å². The third-order valence-corrected chi connectivity index (χ3v) is 2.85. The third-order valence-electron chi connectivity index (χ3n) is 2.85. The van der Waals surface area contributed by atoms with Crippen LogP contribution in [0.25, 0.3) is 0 Å². The molecule has 0 amide bonds. The molecule has 0 unspecified atom stereocenters. The highest BCUT2D eigenvalue weighted by Crippen LogP contribution is 2.25. The largest absolute Gasteiger partial charge is 0.511 e. The molecule has 0 fully saturated rings. The van der Waals surface area contributed by atoms with Gasteiger partial charge in [0, 0.05) is 0 Å². The smallest absolute Gasteiger partial charge is 0.449 e. The number of hydrogen-bond donors (Lipinski definition) is 1. The van der Waals surface area contributed by atoms with Crippen molar-refractivity contribution in [2.45, 2.75) is 13.3 Å². The van der Waals surface area contributed by atoms with Gasteiger partial charge in [-0.25, -0.2) is 9.59 Å². The van der Waals surface area contributed by atoms with Gasteiger partial charge >= 0.3 is 12.1 Å². The Morgan fingerprint density at radius 3 is 2.33 bits per heavy atom. The van der Waals surface area contributed by atoms with Crippen molar-refractivity contribution >= 4 is 12.1 Å². The number of rotatable bonds is 4. The molecule has 0 aliphatic rings. The molecule has 0 spiro atoms. The van der Waals surface area contributed by atoms with Crippen LogP contribution in [0.1, 0.15) is 22.8 Å². The van der Waals surface area contributed by atoms with Crippen LogP contribution in [-0.4, -0.2) is 17.2 Å². The molecular formula is C16H14O5. The monoisotopic (exact) mass is 286 g/mol. The molecule has 5 heteroatoms. The highest BCUT2D eigenvalue weighted by molar-refractivity contribution is 5.96. The maximum Gasteiger partial charge on any atom is 0.511 e. The van der Waals surface area contributed by atoms with E-state index in [4.69, 9.17) is 9.84 Å². The molecule has 5 nitrogen and oxygen atoms in total. The van der Waals surface area contributed by atoms with E-state index < -0.39 is 12.1 Å². The van der Waals surface area contributed by atoms with Gasteiger partial charge in [0.05, 0.1) is 0 Å². The van der Waals surface area contributed by atoms with E-state index in [-0.39, 0.29) is 11.3 Å². The number of aryl methyl sites for hydroxylation is 1. The van der Waals surface area contributed by atoms with Crippen LogP contribution in [0.3, 0.4) is 0 Å². The summed E-state index contributed by atoms with van der Waals surface area (Å²) in [5.41, 5.74) is 0.793. The SMILES string of the molecule is CCc1cccc(OC(=O)O)c1C(=O)Oc1ccccc1. The molecule has 2 aromatic carbocycles. The summed E-state index contributed by atoms with van der Waals surface area (Å²) in [5, 5.41) is 8.75. The number of carbonyl (C=O) groups excluding carboxylic acids is 1. The van der Waals surface area contributed by atoms with Crippen molar-refractivity contribution in [3.8, 4) is 11.5 Å². The summed E-state index contributed by atoms with van der Waals surface area (Å²) in [4.78, 5) is 23.0. The van der Waals surface area contributed by atoms with Gasteiger partial charge in [-0.3, -0.25) is 0 Å². The first-order chi connectivity index (χ1) is 10.1. The minimum Gasteiger partial charge on any atom is -0.449 e. The van der Waals surface area contributed by atoms with Crippen molar-refractivity contribution in [3.63, 3.8) is 0 Å². The molecule has 0 saturated heterocycles. The first-order valence-electron chi connectivity index (χ1n) is 6.41. The van der Waals surface area contributed by atoms with E-state index in [0.29, 0.717) is 17.7 Å². The van der Waals surface area contributed by atoms with Crippen LogP contribution in [0.4, 0.5) is 4.79 Å². The highest BCUT2D eigenvalue weighted by Gasteiger charge is 2.20. The van der Waals surface area contributed by atoms with Gasteiger partial charge in [-0.1, -0.05) is 37.3 Å². The second kappa shape index (κ2) is 6.56. The van der Waals surface area contributed by atoms with E-state index in [2.05, 4.69) is 4.74 Å². The van der Waals surface area contributed by atoms with Gasteiger partial charge in [0.2, 0.25) is 0 Å². The van der Waals surface area contributed by atoms with Gasteiger partial charge in [-0.15, -0.1) is 0 Å². The quantitative estimate of drug-likeness (QED) is 0.529. The second-order valence-electron chi connectivity index (χ2n) is 4.21. The Hall–Kier alpha value is -2.82. The van der Waals surface area contributed by atoms with E-state index in [1.165, 1.54) is 6.07 Å². The zero-order valence-electron chi connectivity index (χ0n) is 11.4. The average Bonchev–Trinajstić information content (AvgIpc) is 2.47. The van der Waals surface area contributed by atoms with Crippen LogP contribution in [0.5, 0.6) is 11.5 Å². The summed E-state index contributed by atoms with van der Waals surface area (Å²) >= 11 is 0. The summed E-state index contributed by atoms with van der Waals surface area (Å²) < 4.78 is 9.92. The van der Waals surface area contributed by atoms with Crippen LogP contribution in [0, 0.1) is 0 Å². The molecule has 0 bridgehead atoms. The molecule has 0 atom stereocenters. The van der Waals surface area contributed by atoms with E-state index >= 15 is 0 Å². The number of ether oxygens (including phenoxy) is 2. The van der Waals surface area contributed by atoms with Crippen LogP contribution >= 0.6 is 0 Å². The summed E-state index contributed by atoms with van der Waals surface area (Å²) in [6.07, 6.45) is -0.923. The van der Waals surface area contributed by atoms with Crippen molar-refractivity contribution in [1.82, 2.24) is 0 Å². The van der Waals surface area contributed by atoms with Crippen LogP contribution in [0.2, 0.25) is 0 Å². The lowest BCUT2D eigenvalue weighted by Crippen LogP contribution is -2.15. The number of esters is 1. The number of hydrogen-bond acceptors (Lipinski definition) is 4. The Bertz CT molecular complexity index is 649. The molecule has 0 aromatic heterocycles. The normalized spacial score (nSPS) is 9.95. The van der Waals surface area contributed by atoms with Gasteiger partial charge in [0.25, 0.3) is 0 Å². The average molecular weight is 286 g/mol. The lowest BCUT2D eigenvalue weighted by atomic mass is 10.0. The first-order valence-corrected chi connectivity index (χ1v) is 6.41. The maximum absolute atomic E-state index is 12.3. The molecule has 1 N–H and O–H groups in total. The van der Waals surface area contributed by atoms with E-state index in [1.54, 1.807) is 42.5 Å². The lowest BCUT2D eigenvalue weighted by Gasteiger charge is -2.12. The zero-order chi connectivity index (χ0) is 15.2. The van der Waals surface area contributed by atoms with Crippen LogP contribution < -0.4 is 9.47 Å². The number of carboxylic acid groups (broad SMARTS) is 1. The topological polar surface area (TPSA) is 72.8 Å². The fraction of sp³-hybridized carbons (Fsp3) is 0.125. The third kappa shape index (κ3) is 3.60. The lowest BCUT2D eigenvalue weighted by molar-refractivity contribution is 0.0729. The van der Waals surface area contributed by atoms with Crippen LogP contribution in [0.15, 0.2) is 48.5 Å². The molecule has 0 aliphatic heterocycles. The van der Waals surface area contributed by atoms with Crippen molar-refractivity contribution in [3.05, 3.63) is 59.7 Å². The van der Waals surface area contributed by atoms with Crippen molar-refractivity contribution in [1.29, 1.82) is 0 Å². The highest BCUT2D eigenvalue weighted by atomic mass is 16.7. The number of para-hydroxylation sites is 1. The van der Waals surface area contributed by atoms with Crippen molar-refractivity contribution < 1.29 is 24.2 Å². The van der Waals surface area contributed by atoms with Crippen LogP contribution in [-0.2, 0) is 6.42 Å². The van der Waals surface area contributed by atoms with Gasteiger partial charge in [-0.05, 0) is 30.2 Å². The summed E-state index contributed by atoms with van der Waals surface area (Å²) in [5.74, 6) is -0.285. The van der Waals surface area contributed by atoms with Gasteiger partial charge in [0.1, 0.15) is 17.1 Å². The molecule has 0 radical (unpaired) electrons. The molecule has 0 aliphatic carbocycles. The standard InChI is InChI=1S/C16H14O5/c1-2-11-7-6-10-13(21-16(18)19)14(11)15(17)20-12-8-4-3-5-9-12/h3-10H,2H2,1H3,(H,18,19). The molecule has 0 heterocycles. The molecule has 2 rings (SSSR count). The summed E-state index contributed by atoms with van der Waals surface area (Å²) in [7, 11) is 0. The summed E-state index contributed by atoms with van der Waals surface area (Å²) in [6.45, 7) is 1.86. The van der Waals surface area contributed by atoms with Crippen molar-refractivity contribution in [2.75, 3.05) is 0 Å². The Kier molecular flexibility index (Phi) is 4.56. The number of benzene rings is 2. The van der Waals surface area contributed by atoms with Gasteiger partial charge in [-0.2, -0.15) is 0 Å². The number of carbonyl (C=O) groups is 2. The Balaban J connectivity index is 2.36. The second-order valence-corrected chi connectivity index (χ2v) is 4.21. The minimum atomic E-state index is -1.47. The molecule has 0 saturated carbocycles. The molecular weight excluding hydrogens is 272 g/mol. The van der Waals surface area contributed by atoms with E-state index in [1.807, 2.05) is 6.92 Å². The molecule has 108 valence electrons. The minimum absolute atomic E-state index is 0.0252. The molecule has 2 aromatic rings. The fourth-order valence-corrected chi connectivity index (χ4v) is 1.93. The van der Waals surface area contributed by atoms with Gasteiger partial charge in [0.15, 0.2) is 0 Å². The fourth-order valence-electron chi connectivity index (χ4n) is 1.93.